The molecule has 7 heteroatoms. The molecule has 1 aliphatic rings. The number of nitrogens with one attached hydrogen (secondary N) is 2. The first kappa shape index (κ1) is 23.6. The van der Waals surface area contributed by atoms with Crippen LogP contribution in [0.15, 0.2) is 53.7 Å². The van der Waals surface area contributed by atoms with Gasteiger partial charge in [-0.1, -0.05) is 30.3 Å². The van der Waals surface area contributed by atoms with E-state index in [2.05, 4.69) is 44.9 Å². The van der Waals surface area contributed by atoms with Crippen molar-refractivity contribution in [3.8, 4) is 0 Å². The molecule has 0 amide bonds. The fourth-order valence-electron chi connectivity index (χ4n) is 3.07. The maximum atomic E-state index is 5.98. The second kappa shape index (κ2) is 13.5. The van der Waals surface area contributed by atoms with Crippen molar-refractivity contribution in [3.05, 3.63) is 65.5 Å². The number of guanidine groups is 1. The first-order valence-electron chi connectivity index (χ1n) is 9.95. The Labute approximate surface area is 190 Å². The summed E-state index contributed by atoms with van der Waals surface area (Å²) in [6.45, 7) is 3.80. The molecule has 0 atom stereocenters. The Balaban J connectivity index is 0.00000300. The third kappa shape index (κ3) is 8.67. The van der Waals surface area contributed by atoms with Crippen molar-refractivity contribution >= 4 is 29.9 Å². The van der Waals surface area contributed by atoms with Crippen molar-refractivity contribution < 1.29 is 9.47 Å². The number of halogens is 1. The Bertz CT molecular complexity index is 719. The monoisotopic (exact) mass is 510 g/mol. The van der Waals surface area contributed by atoms with Crippen LogP contribution in [0.4, 0.5) is 0 Å². The van der Waals surface area contributed by atoms with Crippen molar-refractivity contribution in [2.24, 2.45) is 4.99 Å². The van der Waals surface area contributed by atoms with Gasteiger partial charge in [0.1, 0.15) is 0 Å². The number of aromatic nitrogens is 1. The van der Waals surface area contributed by atoms with Crippen LogP contribution in [0.2, 0.25) is 0 Å². The Kier molecular flexibility index (Phi) is 11.0. The lowest BCUT2D eigenvalue weighted by molar-refractivity contribution is -0.0390. The number of ether oxygens (including phenoxy) is 2. The molecule has 2 aromatic rings. The Hall–Kier alpha value is -1.71. The molecule has 1 fully saturated rings. The lowest BCUT2D eigenvalue weighted by Crippen LogP contribution is -2.37. The molecule has 0 spiro atoms. The average Bonchev–Trinajstić information content (AvgIpc) is 2.77. The molecule has 158 valence electrons. The molecule has 29 heavy (non-hydrogen) atoms. The van der Waals surface area contributed by atoms with Crippen LogP contribution in [0.5, 0.6) is 0 Å². The lowest BCUT2D eigenvalue weighted by atomic mass is 10.1. The van der Waals surface area contributed by atoms with E-state index < -0.39 is 0 Å². The van der Waals surface area contributed by atoms with Crippen molar-refractivity contribution in [2.75, 3.05) is 26.8 Å². The number of nitrogens with zero attached hydrogens (tertiary/aromatic N) is 2. The van der Waals surface area contributed by atoms with Gasteiger partial charge in [0, 0.05) is 51.7 Å². The minimum Gasteiger partial charge on any atom is -0.381 e. The zero-order valence-electron chi connectivity index (χ0n) is 17.0. The van der Waals surface area contributed by atoms with Gasteiger partial charge < -0.3 is 20.1 Å². The van der Waals surface area contributed by atoms with Crippen LogP contribution in [0.25, 0.3) is 0 Å². The third-order valence-corrected chi connectivity index (χ3v) is 4.76. The number of rotatable bonds is 8. The first-order valence-corrected chi connectivity index (χ1v) is 9.95. The summed E-state index contributed by atoms with van der Waals surface area (Å²) in [6.07, 6.45) is 5.00. The van der Waals surface area contributed by atoms with Crippen LogP contribution in [-0.4, -0.2) is 43.9 Å². The molecule has 3 rings (SSSR count). The van der Waals surface area contributed by atoms with Crippen LogP contribution < -0.4 is 10.6 Å². The lowest BCUT2D eigenvalue weighted by Gasteiger charge is -2.22. The molecule has 1 aliphatic heterocycles. The first-order chi connectivity index (χ1) is 13.8. The summed E-state index contributed by atoms with van der Waals surface area (Å²) in [7, 11) is 1.78. The van der Waals surface area contributed by atoms with E-state index in [0.717, 1.165) is 57.2 Å². The molecule has 0 saturated carbocycles. The van der Waals surface area contributed by atoms with Crippen LogP contribution in [0, 0.1) is 0 Å². The highest BCUT2D eigenvalue weighted by Crippen LogP contribution is 2.14. The fourth-order valence-corrected chi connectivity index (χ4v) is 3.07. The number of benzene rings is 1. The standard InChI is InChI=1S/C22H30N4O2.HI/c1-23-22(25-13-9-20-4-2-3-12-24-20)26-16-18-5-7-19(8-6-18)17-28-21-10-14-27-15-11-21;/h2-8,12,21H,9-11,13-17H2,1H3,(H2,23,25,26);1H. The zero-order chi connectivity index (χ0) is 19.4. The van der Waals surface area contributed by atoms with Crippen molar-refractivity contribution in [2.45, 2.75) is 38.5 Å². The van der Waals surface area contributed by atoms with Gasteiger partial charge in [-0.2, -0.15) is 0 Å². The summed E-state index contributed by atoms with van der Waals surface area (Å²) in [4.78, 5) is 8.61. The minimum absolute atomic E-state index is 0. The Morgan fingerprint density at radius 1 is 1.10 bits per heavy atom. The fraction of sp³-hybridized carbons (Fsp3) is 0.455. The van der Waals surface area contributed by atoms with Gasteiger partial charge in [0.15, 0.2) is 5.96 Å². The van der Waals surface area contributed by atoms with E-state index in [-0.39, 0.29) is 24.0 Å². The highest BCUT2D eigenvalue weighted by Gasteiger charge is 2.13. The van der Waals surface area contributed by atoms with Gasteiger partial charge in [0.2, 0.25) is 0 Å². The van der Waals surface area contributed by atoms with E-state index in [1.54, 1.807) is 7.05 Å². The summed E-state index contributed by atoms with van der Waals surface area (Å²) < 4.78 is 11.3. The summed E-state index contributed by atoms with van der Waals surface area (Å²) in [5.41, 5.74) is 3.49. The highest BCUT2D eigenvalue weighted by atomic mass is 127. The molecular formula is C22H31IN4O2. The van der Waals surface area contributed by atoms with Crippen molar-refractivity contribution in [3.63, 3.8) is 0 Å². The zero-order valence-corrected chi connectivity index (χ0v) is 19.3. The number of aliphatic imine (C=N–C) groups is 1. The van der Waals surface area contributed by atoms with Gasteiger partial charge in [-0.25, -0.2) is 0 Å². The van der Waals surface area contributed by atoms with Gasteiger partial charge in [-0.15, -0.1) is 24.0 Å². The SMILES string of the molecule is CN=C(NCCc1ccccn1)NCc1ccc(COC2CCOCC2)cc1.I. The topological polar surface area (TPSA) is 67.8 Å². The molecule has 0 aliphatic carbocycles. The molecule has 0 unspecified atom stereocenters. The Morgan fingerprint density at radius 3 is 2.55 bits per heavy atom. The predicted molar refractivity (Wildman–Crippen MR) is 127 cm³/mol. The summed E-state index contributed by atoms with van der Waals surface area (Å²) >= 11 is 0. The third-order valence-electron chi connectivity index (χ3n) is 4.76. The van der Waals surface area contributed by atoms with Crippen LogP contribution in [0.1, 0.15) is 29.7 Å². The van der Waals surface area contributed by atoms with E-state index in [0.29, 0.717) is 12.7 Å². The normalized spacial score (nSPS) is 14.9. The van der Waals surface area contributed by atoms with E-state index >= 15 is 0 Å². The van der Waals surface area contributed by atoms with E-state index in [4.69, 9.17) is 9.47 Å². The molecule has 1 saturated heterocycles. The smallest absolute Gasteiger partial charge is 0.191 e. The predicted octanol–water partition coefficient (Wildman–Crippen LogP) is 3.30. The summed E-state index contributed by atoms with van der Waals surface area (Å²) in [5.74, 6) is 0.794. The van der Waals surface area contributed by atoms with Gasteiger partial charge in [0.25, 0.3) is 0 Å². The van der Waals surface area contributed by atoms with Gasteiger partial charge in [-0.05, 0) is 36.1 Å². The molecule has 2 heterocycles. The van der Waals surface area contributed by atoms with Crippen molar-refractivity contribution in [1.82, 2.24) is 15.6 Å². The van der Waals surface area contributed by atoms with E-state index in [1.807, 2.05) is 24.4 Å². The van der Waals surface area contributed by atoms with Gasteiger partial charge in [-0.3, -0.25) is 9.98 Å². The molecule has 0 bridgehead atoms. The quantitative estimate of drug-likeness (QED) is 0.324. The second-order valence-corrected chi connectivity index (χ2v) is 6.86. The number of hydrogen-bond acceptors (Lipinski definition) is 4. The Morgan fingerprint density at radius 2 is 1.86 bits per heavy atom. The van der Waals surface area contributed by atoms with E-state index in [9.17, 15) is 0 Å². The molecular weight excluding hydrogens is 479 g/mol. The maximum absolute atomic E-state index is 5.98. The minimum atomic E-state index is 0. The summed E-state index contributed by atoms with van der Waals surface area (Å²) in [5, 5.41) is 6.67. The van der Waals surface area contributed by atoms with Crippen LogP contribution >= 0.6 is 24.0 Å². The molecule has 6 nitrogen and oxygen atoms in total. The number of pyridine rings is 1. The second-order valence-electron chi connectivity index (χ2n) is 6.86. The summed E-state index contributed by atoms with van der Waals surface area (Å²) in [6, 6.07) is 14.5. The highest BCUT2D eigenvalue weighted by molar-refractivity contribution is 14.0. The van der Waals surface area contributed by atoms with Gasteiger partial charge >= 0.3 is 0 Å². The molecule has 2 N–H and O–H groups in total. The molecule has 1 aromatic carbocycles. The maximum Gasteiger partial charge on any atom is 0.191 e. The molecule has 0 radical (unpaired) electrons. The molecule has 1 aromatic heterocycles. The largest absolute Gasteiger partial charge is 0.381 e. The van der Waals surface area contributed by atoms with E-state index in [1.165, 1.54) is 11.1 Å². The van der Waals surface area contributed by atoms with Crippen molar-refractivity contribution in [1.29, 1.82) is 0 Å². The average molecular weight is 510 g/mol. The van der Waals surface area contributed by atoms with Gasteiger partial charge in [0.05, 0.1) is 12.7 Å². The van der Waals surface area contributed by atoms with Crippen LogP contribution in [0.3, 0.4) is 0 Å². The van der Waals surface area contributed by atoms with Crippen LogP contribution in [-0.2, 0) is 29.0 Å². The number of hydrogen-bond donors (Lipinski definition) is 2.